The average molecular weight is 287 g/mol. The number of carbonyl (C=O) groups is 1. The van der Waals surface area contributed by atoms with Crippen molar-refractivity contribution in [2.75, 3.05) is 6.61 Å². The van der Waals surface area contributed by atoms with E-state index in [1.54, 1.807) is 24.3 Å². The topological polar surface area (TPSA) is 38.3 Å². The van der Waals surface area contributed by atoms with Crippen LogP contribution < -0.4 is 5.32 Å². The van der Waals surface area contributed by atoms with E-state index in [0.29, 0.717) is 11.1 Å². The lowest BCUT2D eigenvalue weighted by Gasteiger charge is -2.26. The van der Waals surface area contributed by atoms with Crippen molar-refractivity contribution in [1.82, 2.24) is 5.32 Å². The maximum Gasteiger partial charge on any atom is 0.411 e. The van der Waals surface area contributed by atoms with Gasteiger partial charge in [0.2, 0.25) is 0 Å². The molecule has 0 radical (unpaired) electrons. The molecule has 0 heterocycles. The van der Waals surface area contributed by atoms with Crippen LogP contribution in [0.4, 0.5) is 13.2 Å². The Morgan fingerprint density at radius 3 is 2.40 bits per heavy atom. The minimum Gasteiger partial charge on any atom is -0.367 e. The van der Waals surface area contributed by atoms with Gasteiger partial charge in [0.05, 0.1) is 6.61 Å². The third kappa shape index (κ3) is 4.52. The first-order valence-electron chi connectivity index (χ1n) is 6.48. The summed E-state index contributed by atoms with van der Waals surface area (Å²) in [4.78, 5) is 11.8. The molecular weight excluding hydrogens is 271 g/mol. The van der Waals surface area contributed by atoms with Gasteiger partial charge in [-0.2, -0.15) is 13.2 Å². The van der Waals surface area contributed by atoms with Crippen LogP contribution in [0.5, 0.6) is 0 Å². The van der Waals surface area contributed by atoms with Gasteiger partial charge in [0.1, 0.15) is 6.61 Å². The van der Waals surface area contributed by atoms with Crippen LogP contribution in [-0.4, -0.2) is 24.7 Å². The maximum absolute atomic E-state index is 11.9. The third-order valence-corrected chi connectivity index (χ3v) is 3.19. The molecule has 20 heavy (non-hydrogen) atoms. The quantitative estimate of drug-likeness (QED) is 0.904. The van der Waals surface area contributed by atoms with Crippen LogP contribution in [0.2, 0.25) is 0 Å². The fourth-order valence-electron chi connectivity index (χ4n) is 1.86. The van der Waals surface area contributed by atoms with E-state index in [1.807, 2.05) is 0 Å². The summed E-state index contributed by atoms with van der Waals surface area (Å²) in [6, 6.07) is 6.66. The normalized spacial score (nSPS) is 15.8. The van der Waals surface area contributed by atoms with E-state index in [2.05, 4.69) is 10.1 Å². The van der Waals surface area contributed by atoms with Crippen molar-refractivity contribution in [1.29, 1.82) is 0 Å². The molecule has 1 saturated carbocycles. The molecule has 1 aliphatic carbocycles. The van der Waals surface area contributed by atoms with Gasteiger partial charge in [-0.25, -0.2) is 0 Å². The van der Waals surface area contributed by atoms with E-state index in [9.17, 15) is 18.0 Å². The highest BCUT2D eigenvalue weighted by atomic mass is 19.4. The molecule has 0 atom stereocenters. The van der Waals surface area contributed by atoms with Crippen molar-refractivity contribution >= 4 is 5.91 Å². The number of hydrogen-bond acceptors (Lipinski definition) is 2. The molecule has 0 saturated heterocycles. The van der Waals surface area contributed by atoms with E-state index in [-0.39, 0.29) is 18.6 Å². The number of alkyl halides is 3. The molecule has 0 bridgehead atoms. The third-order valence-electron chi connectivity index (χ3n) is 3.19. The number of benzene rings is 1. The van der Waals surface area contributed by atoms with E-state index in [1.165, 1.54) is 0 Å². The first-order chi connectivity index (χ1) is 9.44. The highest BCUT2D eigenvalue weighted by Gasteiger charge is 2.27. The minimum atomic E-state index is -4.32. The van der Waals surface area contributed by atoms with Crippen molar-refractivity contribution in [2.45, 2.75) is 38.1 Å². The predicted octanol–water partition coefficient (Wildman–Crippen LogP) is 3.05. The molecule has 110 valence electrons. The number of amides is 1. The van der Waals surface area contributed by atoms with Gasteiger partial charge in [-0.05, 0) is 37.0 Å². The van der Waals surface area contributed by atoms with Crippen LogP contribution in [0.1, 0.15) is 35.2 Å². The highest BCUT2D eigenvalue weighted by molar-refractivity contribution is 5.94. The average Bonchev–Trinajstić information content (AvgIpc) is 2.33. The van der Waals surface area contributed by atoms with E-state index >= 15 is 0 Å². The summed E-state index contributed by atoms with van der Waals surface area (Å²) in [6.45, 7) is -1.39. The van der Waals surface area contributed by atoms with E-state index in [4.69, 9.17) is 0 Å². The SMILES string of the molecule is O=C(NC1CCC1)c1ccc(COCC(F)(F)F)cc1. The maximum atomic E-state index is 11.9. The van der Waals surface area contributed by atoms with Crippen molar-refractivity contribution in [2.24, 2.45) is 0 Å². The van der Waals surface area contributed by atoms with Gasteiger partial charge in [0.15, 0.2) is 0 Å². The zero-order valence-electron chi connectivity index (χ0n) is 10.9. The highest BCUT2D eigenvalue weighted by Crippen LogP contribution is 2.19. The molecule has 1 amide bonds. The second kappa shape index (κ2) is 6.26. The van der Waals surface area contributed by atoms with Gasteiger partial charge in [0.25, 0.3) is 5.91 Å². The zero-order chi connectivity index (χ0) is 14.6. The lowest BCUT2D eigenvalue weighted by Crippen LogP contribution is -2.39. The lowest BCUT2D eigenvalue weighted by molar-refractivity contribution is -0.176. The van der Waals surface area contributed by atoms with Crippen LogP contribution in [0, 0.1) is 0 Å². The number of ether oxygens (including phenoxy) is 1. The number of hydrogen-bond donors (Lipinski definition) is 1. The molecule has 0 unspecified atom stereocenters. The summed E-state index contributed by atoms with van der Waals surface area (Å²) in [7, 11) is 0. The minimum absolute atomic E-state index is 0.121. The largest absolute Gasteiger partial charge is 0.411 e. The molecule has 1 aromatic rings. The molecule has 0 spiro atoms. The Labute approximate surface area is 115 Å². The summed E-state index contributed by atoms with van der Waals surface area (Å²) in [5, 5.41) is 2.90. The summed E-state index contributed by atoms with van der Waals surface area (Å²) in [5.41, 5.74) is 1.12. The van der Waals surface area contributed by atoms with Gasteiger partial charge in [-0.15, -0.1) is 0 Å². The Morgan fingerprint density at radius 1 is 1.25 bits per heavy atom. The van der Waals surface area contributed by atoms with Gasteiger partial charge in [-0.1, -0.05) is 12.1 Å². The van der Waals surface area contributed by atoms with Crippen molar-refractivity contribution in [3.05, 3.63) is 35.4 Å². The Morgan fingerprint density at radius 2 is 1.90 bits per heavy atom. The smallest absolute Gasteiger partial charge is 0.367 e. The molecule has 3 nitrogen and oxygen atoms in total. The number of rotatable bonds is 5. The summed E-state index contributed by atoms with van der Waals surface area (Å²) < 4.78 is 40.3. The second-order valence-corrected chi connectivity index (χ2v) is 4.91. The molecular formula is C14H16F3NO2. The fraction of sp³-hybridized carbons (Fsp3) is 0.500. The van der Waals surface area contributed by atoms with Crippen LogP contribution in [-0.2, 0) is 11.3 Å². The molecule has 0 aliphatic heterocycles. The first kappa shape index (κ1) is 14.8. The monoisotopic (exact) mass is 287 g/mol. The van der Waals surface area contributed by atoms with Crippen molar-refractivity contribution in [3.63, 3.8) is 0 Å². The zero-order valence-corrected chi connectivity index (χ0v) is 10.9. The summed E-state index contributed by atoms with van der Waals surface area (Å²) in [5.74, 6) is -0.141. The van der Waals surface area contributed by atoms with Gasteiger partial charge in [0, 0.05) is 11.6 Å². The molecule has 1 aromatic carbocycles. The second-order valence-electron chi connectivity index (χ2n) is 4.91. The Hall–Kier alpha value is -1.56. The standard InChI is InChI=1S/C14H16F3NO2/c15-14(16,17)9-20-8-10-4-6-11(7-5-10)13(19)18-12-2-1-3-12/h4-7,12H,1-3,8-9H2,(H,18,19). The summed E-state index contributed by atoms with van der Waals surface area (Å²) >= 11 is 0. The molecule has 1 fully saturated rings. The fourth-order valence-corrected chi connectivity index (χ4v) is 1.86. The first-order valence-corrected chi connectivity index (χ1v) is 6.48. The molecule has 6 heteroatoms. The van der Waals surface area contributed by atoms with Crippen molar-refractivity contribution < 1.29 is 22.7 Å². The van der Waals surface area contributed by atoms with E-state index < -0.39 is 12.8 Å². The molecule has 1 aliphatic rings. The Bertz CT molecular complexity index is 452. The van der Waals surface area contributed by atoms with Crippen LogP contribution in [0.25, 0.3) is 0 Å². The molecule has 1 N–H and O–H groups in total. The Balaban J connectivity index is 1.81. The van der Waals surface area contributed by atoms with Gasteiger partial charge in [-0.3, -0.25) is 4.79 Å². The predicted molar refractivity (Wildman–Crippen MR) is 67.3 cm³/mol. The number of nitrogens with one attached hydrogen (secondary N) is 1. The van der Waals surface area contributed by atoms with E-state index in [0.717, 1.165) is 19.3 Å². The Kier molecular flexibility index (Phi) is 4.65. The van der Waals surface area contributed by atoms with Crippen LogP contribution >= 0.6 is 0 Å². The molecule has 2 rings (SSSR count). The number of carbonyl (C=O) groups excluding carboxylic acids is 1. The lowest BCUT2D eigenvalue weighted by atomic mass is 9.93. The van der Waals surface area contributed by atoms with Crippen molar-refractivity contribution in [3.8, 4) is 0 Å². The summed E-state index contributed by atoms with van der Waals surface area (Å²) in [6.07, 6.45) is -1.16. The molecule has 0 aromatic heterocycles. The van der Waals surface area contributed by atoms with Crippen LogP contribution in [0.3, 0.4) is 0 Å². The van der Waals surface area contributed by atoms with Gasteiger partial charge >= 0.3 is 6.18 Å². The van der Waals surface area contributed by atoms with Gasteiger partial charge < -0.3 is 10.1 Å². The number of halogens is 3. The van der Waals surface area contributed by atoms with Crippen LogP contribution in [0.15, 0.2) is 24.3 Å².